The molecule has 0 spiro atoms. The molecule has 0 radical (unpaired) electrons. The third kappa shape index (κ3) is 2.99. The molecular formula is C25H29Br. The highest BCUT2D eigenvalue weighted by Crippen LogP contribution is 2.47. The van der Waals surface area contributed by atoms with Crippen molar-refractivity contribution in [3.05, 3.63) is 68.2 Å². The van der Waals surface area contributed by atoms with Crippen LogP contribution in [0.2, 0.25) is 0 Å². The molecule has 26 heavy (non-hydrogen) atoms. The van der Waals surface area contributed by atoms with Gasteiger partial charge in [-0.3, -0.25) is 0 Å². The Balaban J connectivity index is 1.83. The number of fused-ring (bicyclic) bond motifs is 2. The van der Waals surface area contributed by atoms with Crippen molar-refractivity contribution in [2.24, 2.45) is 0 Å². The summed E-state index contributed by atoms with van der Waals surface area (Å²) in [4.78, 5) is 0. The summed E-state index contributed by atoms with van der Waals surface area (Å²) in [6, 6.07) is 11.7. The molecule has 0 aliphatic heterocycles. The number of hydrogen-bond acceptors (Lipinski definition) is 0. The van der Waals surface area contributed by atoms with Gasteiger partial charge < -0.3 is 0 Å². The minimum absolute atomic E-state index is 0.268. The Kier molecular flexibility index (Phi) is 4.23. The van der Waals surface area contributed by atoms with Crippen molar-refractivity contribution in [1.29, 1.82) is 0 Å². The smallest absolute Gasteiger partial charge is 0.0178 e. The van der Waals surface area contributed by atoms with Crippen LogP contribution in [0.1, 0.15) is 80.3 Å². The molecule has 0 atom stereocenters. The fraction of sp³-hybridized carbons (Fsp3) is 0.440. The van der Waals surface area contributed by atoms with Crippen molar-refractivity contribution >= 4 is 27.6 Å². The van der Waals surface area contributed by atoms with E-state index in [1.807, 2.05) is 0 Å². The molecule has 0 fully saturated rings. The summed E-state index contributed by atoms with van der Waals surface area (Å²) >= 11 is 3.61. The molecule has 0 aromatic heterocycles. The molecule has 2 aromatic rings. The third-order valence-electron chi connectivity index (χ3n) is 6.65. The molecule has 1 heteroatoms. The summed E-state index contributed by atoms with van der Waals surface area (Å²) in [5.41, 5.74) is 10.9. The SMILES string of the molecule is Cc1cc2c(cc1C=C1CCc3cc(Br)ccc31)C(C)(C)CCC2(C)C. The Labute approximate surface area is 166 Å². The van der Waals surface area contributed by atoms with Crippen LogP contribution in [0.15, 0.2) is 34.8 Å². The maximum atomic E-state index is 3.61. The van der Waals surface area contributed by atoms with Crippen LogP contribution in [0.3, 0.4) is 0 Å². The molecule has 0 saturated heterocycles. The van der Waals surface area contributed by atoms with Gasteiger partial charge in [-0.15, -0.1) is 0 Å². The minimum atomic E-state index is 0.268. The lowest BCUT2D eigenvalue weighted by atomic mass is 9.62. The van der Waals surface area contributed by atoms with Crippen LogP contribution in [-0.2, 0) is 17.3 Å². The van der Waals surface area contributed by atoms with Gasteiger partial charge in [0, 0.05) is 4.47 Å². The van der Waals surface area contributed by atoms with E-state index in [-0.39, 0.29) is 10.8 Å². The Hall–Kier alpha value is -1.34. The van der Waals surface area contributed by atoms with Gasteiger partial charge in [-0.25, -0.2) is 0 Å². The van der Waals surface area contributed by atoms with E-state index in [0.29, 0.717) is 0 Å². The van der Waals surface area contributed by atoms with Crippen LogP contribution in [0.25, 0.3) is 11.6 Å². The lowest BCUT2D eigenvalue weighted by molar-refractivity contribution is 0.331. The molecule has 0 N–H and O–H groups in total. The zero-order chi connectivity index (χ0) is 18.7. The maximum absolute atomic E-state index is 3.61. The number of aryl methyl sites for hydroxylation is 2. The maximum Gasteiger partial charge on any atom is 0.0178 e. The zero-order valence-electron chi connectivity index (χ0n) is 16.7. The van der Waals surface area contributed by atoms with Crippen LogP contribution in [0, 0.1) is 6.92 Å². The molecule has 0 saturated carbocycles. The number of allylic oxidation sites excluding steroid dienone is 1. The Morgan fingerprint density at radius 3 is 2.23 bits per heavy atom. The van der Waals surface area contributed by atoms with Crippen LogP contribution < -0.4 is 0 Å². The van der Waals surface area contributed by atoms with E-state index in [1.165, 1.54) is 45.1 Å². The van der Waals surface area contributed by atoms with Crippen LogP contribution in [0.5, 0.6) is 0 Å². The van der Waals surface area contributed by atoms with Gasteiger partial charge in [0.05, 0.1) is 0 Å². The number of hydrogen-bond donors (Lipinski definition) is 0. The average molecular weight is 409 g/mol. The highest BCUT2D eigenvalue weighted by atomic mass is 79.9. The van der Waals surface area contributed by atoms with Gasteiger partial charge in [-0.05, 0) is 94.5 Å². The second kappa shape index (κ2) is 6.09. The summed E-state index contributed by atoms with van der Waals surface area (Å²) < 4.78 is 1.19. The number of rotatable bonds is 1. The Morgan fingerprint density at radius 1 is 0.885 bits per heavy atom. The molecule has 2 aliphatic carbocycles. The van der Waals surface area contributed by atoms with Crippen molar-refractivity contribution in [3.63, 3.8) is 0 Å². The second-order valence-corrected chi connectivity index (χ2v) is 10.4. The van der Waals surface area contributed by atoms with Gasteiger partial charge >= 0.3 is 0 Å². The summed E-state index contributed by atoms with van der Waals surface area (Å²) in [5, 5.41) is 0. The van der Waals surface area contributed by atoms with Gasteiger partial charge in [0.15, 0.2) is 0 Å². The van der Waals surface area contributed by atoms with Crippen LogP contribution >= 0.6 is 15.9 Å². The van der Waals surface area contributed by atoms with Gasteiger partial charge in [-0.2, -0.15) is 0 Å². The molecule has 2 aromatic carbocycles. The molecule has 0 bridgehead atoms. The van der Waals surface area contributed by atoms with Gasteiger partial charge in [0.25, 0.3) is 0 Å². The van der Waals surface area contributed by atoms with E-state index in [1.54, 1.807) is 11.1 Å². The largest absolute Gasteiger partial charge is 0.0558 e. The van der Waals surface area contributed by atoms with E-state index < -0.39 is 0 Å². The molecule has 2 aliphatic rings. The predicted octanol–water partition coefficient (Wildman–Crippen LogP) is 7.59. The van der Waals surface area contributed by atoms with E-state index in [2.05, 4.69) is 87.0 Å². The van der Waals surface area contributed by atoms with E-state index in [9.17, 15) is 0 Å². The van der Waals surface area contributed by atoms with Crippen molar-refractivity contribution < 1.29 is 0 Å². The molecule has 0 heterocycles. The standard InChI is InChI=1S/C25H29Br/c1-16-12-22-23(25(4,5)11-10-24(22,2)3)15-19(16)13-17-6-7-18-14-20(26)8-9-21(17)18/h8-9,12-15H,6-7,10-11H2,1-5H3. The highest BCUT2D eigenvalue weighted by Gasteiger charge is 2.37. The minimum Gasteiger partial charge on any atom is -0.0558 e. The van der Waals surface area contributed by atoms with Crippen LogP contribution in [-0.4, -0.2) is 0 Å². The normalized spacial score (nSPS) is 21.5. The van der Waals surface area contributed by atoms with E-state index in [0.717, 1.165) is 12.8 Å². The monoisotopic (exact) mass is 408 g/mol. The predicted molar refractivity (Wildman–Crippen MR) is 117 cm³/mol. The first-order valence-electron chi connectivity index (χ1n) is 9.82. The van der Waals surface area contributed by atoms with E-state index in [4.69, 9.17) is 0 Å². The quantitative estimate of drug-likeness (QED) is 0.455. The highest BCUT2D eigenvalue weighted by molar-refractivity contribution is 9.10. The summed E-state index contributed by atoms with van der Waals surface area (Å²) in [7, 11) is 0. The molecule has 136 valence electrons. The lowest BCUT2D eigenvalue weighted by Crippen LogP contribution is -2.34. The second-order valence-electron chi connectivity index (χ2n) is 9.49. The fourth-order valence-corrected chi connectivity index (χ4v) is 5.13. The van der Waals surface area contributed by atoms with Gasteiger partial charge in [0.2, 0.25) is 0 Å². The third-order valence-corrected chi connectivity index (χ3v) is 7.14. The van der Waals surface area contributed by atoms with E-state index >= 15 is 0 Å². The topological polar surface area (TPSA) is 0 Å². The molecular weight excluding hydrogens is 380 g/mol. The Morgan fingerprint density at radius 2 is 1.54 bits per heavy atom. The van der Waals surface area contributed by atoms with Gasteiger partial charge in [-0.1, -0.05) is 67.9 Å². The number of benzene rings is 2. The summed E-state index contributed by atoms with van der Waals surface area (Å²) in [6.07, 6.45) is 7.30. The molecule has 4 rings (SSSR count). The first-order chi connectivity index (χ1) is 12.2. The van der Waals surface area contributed by atoms with Crippen LogP contribution in [0.4, 0.5) is 0 Å². The molecule has 0 nitrogen and oxygen atoms in total. The van der Waals surface area contributed by atoms with Crippen molar-refractivity contribution in [3.8, 4) is 0 Å². The zero-order valence-corrected chi connectivity index (χ0v) is 18.3. The lowest BCUT2D eigenvalue weighted by Gasteiger charge is -2.42. The summed E-state index contributed by atoms with van der Waals surface area (Å²) in [5.74, 6) is 0. The van der Waals surface area contributed by atoms with Crippen molar-refractivity contribution in [1.82, 2.24) is 0 Å². The van der Waals surface area contributed by atoms with Crippen molar-refractivity contribution in [2.75, 3.05) is 0 Å². The molecule has 0 unspecified atom stereocenters. The number of halogens is 1. The first-order valence-corrected chi connectivity index (χ1v) is 10.6. The average Bonchev–Trinajstić information content (AvgIpc) is 2.95. The summed E-state index contributed by atoms with van der Waals surface area (Å²) in [6.45, 7) is 11.9. The van der Waals surface area contributed by atoms with Crippen molar-refractivity contribution in [2.45, 2.75) is 71.1 Å². The van der Waals surface area contributed by atoms with Gasteiger partial charge in [0.1, 0.15) is 0 Å². The molecule has 0 amide bonds. The fourth-order valence-electron chi connectivity index (χ4n) is 4.72. The first kappa shape index (κ1) is 18.0. The Bertz CT molecular complexity index is 912.